The Bertz CT molecular complexity index is 454. The van der Waals surface area contributed by atoms with Gasteiger partial charge < -0.3 is 4.98 Å². The molecule has 0 bridgehead atoms. The van der Waals surface area contributed by atoms with E-state index in [1.165, 1.54) is 5.56 Å². The number of nitrogens with one attached hydrogen (secondary N) is 1. The average Bonchev–Trinajstić information content (AvgIpc) is 2.80. The van der Waals surface area contributed by atoms with Crippen LogP contribution in [0.3, 0.4) is 0 Å². The maximum atomic E-state index is 8.64. The molecule has 15 heavy (non-hydrogen) atoms. The molecule has 0 saturated heterocycles. The molecule has 3 nitrogen and oxygen atoms in total. The van der Waals surface area contributed by atoms with Gasteiger partial charge in [-0.25, -0.2) is 4.98 Å². The van der Waals surface area contributed by atoms with Crippen molar-refractivity contribution >= 4 is 11.8 Å². The maximum absolute atomic E-state index is 8.64. The van der Waals surface area contributed by atoms with Crippen molar-refractivity contribution in [1.82, 2.24) is 9.97 Å². The van der Waals surface area contributed by atoms with Gasteiger partial charge in [0, 0.05) is 18.1 Å². The van der Waals surface area contributed by atoms with Crippen molar-refractivity contribution in [3.63, 3.8) is 0 Å². The Labute approximate surface area is 92.2 Å². The van der Waals surface area contributed by atoms with Gasteiger partial charge in [-0.15, -0.1) is 0 Å². The smallest absolute Gasteiger partial charge is 0.165 e. The van der Waals surface area contributed by atoms with Crippen LogP contribution in [0.25, 0.3) is 0 Å². The molecule has 1 aromatic heterocycles. The van der Waals surface area contributed by atoms with Crippen LogP contribution in [-0.2, 0) is 5.75 Å². The van der Waals surface area contributed by atoms with E-state index < -0.39 is 0 Å². The summed E-state index contributed by atoms with van der Waals surface area (Å²) >= 11 is 1.64. The molecule has 4 heteroatoms. The number of H-pyrrole nitrogens is 1. The number of benzene rings is 1. The molecule has 74 valence electrons. The van der Waals surface area contributed by atoms with E-state index in [9.17, 15) is 0 Å². The van der Waals surface area contributed by atoms with Crippen molar-refractivity contribution in [3.8, 4) is 6.07 Å². The summed E-state index contributed by atoms with van der Waals surface area (Å²) in [6.07, 6.45) is 3.54. The molecule has 1 aromatic carbocycles. The van der Waals surface area contributed by atoms with E-state index in [0.29, 0.717) is 5.56 Å². The molecule has 2 rings (SSSR count). The number of thioether (sulfide) groups is 1. The highest BCUT2D eigenvalue weighted by atomic mass is 32.2. The molecular weight excluding hydrogens is 206 g/mol. The van der Waals surface area contributed by atoms with Gasteiger partial charge in [0.1, 0.15) is 0 Å². The highest BCUT2D eigenvalue weighted by Gasteiger charge is 1.97. The van der Waals surface area contributed by atoms with E-state index in [2.05, 4.69) is 16.0 Å². The zero-order chi connectivity index (χ0) is 10.5. The summed E-state index contributed by atoms with van der Waals surface area (Å²) in [5, 5.41) is 9.55. The summed E-state index contributed by atoms with van der Waals surface area (Å²) in [5.41, 5.74) is 1.89. The normalized spacial score (nSPS) is 9.80. The van der Waals surface area contributed by atoms with Crippen LogP contribution in [0.2, 0.25) is 0 Å². The minimum Gasteiger partial charge on any atom is -0.340 e. The lowest BCUT2D eigenvalue weighted by atomic mass is 10.2. The number of imidazole rings is 1. The summed E-state index contributed by atoms with van der Waals surface area (Å²) in [6, 6.07) is 9.69. The van der Waals surface area contributed by atoms with Gasteiger partial charge in [-0.2, -0.15) is 5.26 Å². The fourth-order valence-electron chi connectivity index (χ4n) is 1.16. The molecule has 2 aromatic rings. The zero-order valence-electron chi connectivity index (χ0n) is 7.97. The maximum Gasteiger partial charge on any atom is 0.165 e. The van der Waals surface area contributed by atoms with E-state index in [-0.39, 0.29) is 0 Å². The van der Waals surface area contributed by atoms with Crippen molar-refractivity contribution in [2.24, 2.45) is 0 Å². The second-order valence-electron chi connectivity index (χ2n) is 2.99. The van der Waals surface area contributed by atoms with Gasteiger partial charge >= 0.3 is 0 Å². The van der Waals surface area contributed by atoms with Gasteiger partial charge in [-0.1, -0.05) is 23.9 Å². The average molecular weight is 215 g/mol. The van der Waals surface area contributed by atoms with Gasteiger partial charge in [0.05, 0.1) is 11.6 Å². The summed E-state index contributed by atoms with van der Waals surface area (Å²) in [6.45, 7) is 0. The molecule has 1 N–H and O–H groups in total. The molecule has 0 aliphatic heterocycles. The Hall–Kier alpha value is -1.73. The van der Waals surface area contributed by atoms with Gasteiger partial charge in [0.15, 0.2) is 5.16 Å². The highest BCUT2D eigenvalue weighted by Crippen LogP contribution is 2.18. The minimum absolute atomic E-state index is 0.696. The van der Waals surface area contributed by atoms with Gasteiger partial charge in [-0.05, 0) is 17.7 Å². The minimum atomic E-state index is 0.696. The van der Waals surface area contributed by atoms with E-state index >= 15 is 0 Å². The second kappa shape index (κ2) is 4.67. The summed E-state index contributed by atoms with van der Waals surface area (Å²) in [4.78, 5) is 7.15. The monoisotopic (exact) mass is 215 g/mol. The highest BCUT2D eigenvalue weighted by molar-refractivity contribution is 7.98. The number of aromatic nitrogens is 2. The molecule has 0 saturated carbocycles. The Balaban J connectivity index is 1.97. The number of hydrogen-bond acceptors (Lipinski definition) is 3. The lowest BCUT2D eigenvalue weighted by Crippen LogP contribution is -1.82. The van der Waals surface area contributed by atoms with Crippen LogP contribution in [0.1, 0.15) is 11.1 Å². The number of hydrogen-bond donors (Lipinski definition) is 1. The molecule has 0 amide bonds. The standard InChI is InChI=1S/C11H9N3S/c12-7-9-1-3-10(4-2-9)8-15-11-13-5-6-14-11/h1-6H,8H2,(H,13,14). The Morgan fingerprint density at radius 1 is 1.33 bits per heavy atom. The van der Waals surface area contributed by atoms with E-state index in [0.717, 1.165) is 10.9 Å². The van der Waals surface area contributed by atoms with Crippen LogP contribution in [0.15, 0.2) is 41.8 Å². The van der Waals surface area contributed by atoms with Crippen LogP contribution < -0.4 is 0 Å². The number of aromatic amines is 1. The van der Waals surface area contributed by atoms with Crippen LogP contribution >= 0.6 is 11.8 Å². The second-order valence-corrected chi connectivity index (χ2v) is 3.96. The van der Waals surface area contributed by atoms with Gasteiger partial charge in [0.2, 0.25) is 0 Å². The number of nitrogens with zero attached hydrogens (tertiary/aromatic N) is 2. The third-order valence-corrected chi connectivity index (χ3v) is 2.91. The van der Waals surface area contributed by atoms with Crippen molar-refractivity contribution in [1.29, 1.82) is 5.26 Å². The van der Waals surface area contributed by atoms with E-state index in [4.69, 9.17) is 5.26 Å². The molecule has 0 spiro atoms. The Kier molecular flexibility index (Phi) is 3.05. The first-order valence-electron chi connectivity index (χ1n) is 4.50. The van der Waals surface area contributed by atoms with Crippen LogP contribution in [0, 0.1) is 11.3 Å². The quantitative estimate of drug-likeness (QED) is 0.800. The molecule has 0 fully saturated rings. The molecule has 0 aliphatic rings. The van der Waals surface area contributed by atoms with E-state index in [1.807, 2.05) is 24.3 Å². The van der Waals surface area contributed by atoms with Crippen molar-refractivity contribution in [2.75, 3.05) is 0 Å². The number of rotatable bonds is 3. The first kappa shape index (κ1) is 9.81. The van der Waals surface area contributed by atoms with Gasteiger partial charge in [-0.3, -0.25) is 0 Å². The molecule has 0 radical (unpaired) electrons. The molecular formula is C11H9N3S. The van der Waals surface area contributed by atoms with Crippen molar-refractivity contribution in [2.45, 2.75) is 10.9 Å². The molecule has 0 atom stereocenters. The fraction of sp³-hybridized carbons (Fsp3) is 0.0909. The van der Waals surface area contributed by atoms with Crippen LogP contribution in [-0.4, -0.2) is 9.97 Å². The number of nitriles is 1. The first-order chi connectivity index (χ1) is 7.38. The Morgan fingerprint density at radius 2 is 2.13 bits per heavy atom. The lowest BCUT2D eigenvalue weighted by molar-refractivity contribution is 1.06. The molecule has 0 unspecified atom stereocenters. The van der Waals surface area contributed by atoms with Gasteiger partial charge in [0.25, 0.3) is 0 Å². The summed E-state index contributed by atoms with van der Waals surface area (Å²) in [7, 11) is 0. The van der Waals surface area contributed by atoms with Crippen LogP contribution in [0.5, 0.6) is 0 Å². The SMILES string of the molecule is N#Cc1ccc(CSc2ncc[nH]2)cc1. The molecule has 1 heterocycles. The third kappa shape index (κ3) is 2.61. The Morgan fingerprint density at radius 3 is 2.73 bits per heavy atom. The summed E-state index contributed by atoms with van der Waals surface area (Å²) in [5.74, 6) is 0.860. The lowest BCUT2D eigenvalue weighted by Gasteiger charge is -1.98. The van der Waals surface area contributed by atoms with E-state index in [1.54, 1.807) is 24.2 Å². The first-order valence-corrected chi connectivity index (χ1v) is 5.48. The largest absolute Gasteiger partial charge is 0.340 e. The third-order valence-electron chi connectivity index (χ3n) is 1.93. The van der Waals surface area contributed by atoms with Crippen LogP contribution in [0.4, 0.5) is 0 Å². The predicted octanol–water partition coefficient (Wildman–Crippen LogP) is 2.57. The zero-order valence-corrected chi connectivity index (χ0v) is 8.79. The van der Waals surface area contributed by atoms with Crippen molar-refractivity contribution in [3.05, 3.63) is 47.8 Å². The topological polar surface area (TPSA) is 52.5 Å². The fourth-order valence-corrected chi connectivity index (χ4v) is 1.94. The summed E-state index contributed by atoms with van der Waals surface area (Å²) < 4.78 is 0. The molecule has 0 aliphatic carbocycles. The predicted molar refractivity (Wildman–Crippen MR) is 59.3 cm³/mol. The van der Waals surface area contributed by atoms with Crippen molar-refractivity contribution < 1.29 is 0 Å².